The largest absolute Gasteiger partial charge is 0.192 e. The lowest BCUT2D eigenvalue weighted by atomic mass is 9.91. The van der Waals surface area contributed by atoms with E-state index in [1.165, 1.54) is 0 Å². The number of benzene rings is 3. The Labute approximate surface area is 219 Å². The second-order valence-electron chi connectivity index (χ2n) is 9.68. The van der Waals surface area contributed by atoms with Crippen molar-refractivity contribution in [3.63, 3.8) is 0 Å². The van der Waals surface area contributed by atoms with Crippen molar-refractivity contribution in [2.75, 3.05) is 0 Å². The minimum absolute atomic E-state index is 0.603. The Morgan fingerprint density at radius 3 is 1.14 bits per heavy atom. The summed E-state index contributed by atoms with van der Waals surface area (Å²) in [7, 11) is -3.15. The number of hydrogen-bond acceptors (Lipinski definition) is 2. The van der Waals surface area contributed by atoms with E-state index in [-0.39, 0.29) is 0 Å². The molecule has 36 heavy (non-hydrogen) atoms. The van der Waals surface area contributed by atoms with Crippen molar-refractivity contribution in [3.8, 4) is 35.1 Å². The second kappa shape index (κ2) is 11.6. The summed E-state index contributed by atoms with van der Waals surface area (Å²) in [5.41, 5.74) is 10.3. The minimum atomic E-state index is -1.58. The molecule has 2 nitrogen and oxygen atoms in total. The third kappa shape index (κ3) is 5.13. The van der Waals surface area contributed by atoms with Crippen LogP contribution in [0, 0.1) is 45.6 Å². The fourth-order valence-electron chi connectivity index (χ4n) is 5.06. The highest BCUT2D eigenvalue weighted by Crippen LogP contribution is 2.33. The van der Waals surface area contributed by atoms with Crippen LogP contribution < -0.4 is 0 Å². The van der Waals surface area contributed by atoms with Crippen LogP contribution >= 0.6 is 0 Å². The molecule has 0 atom stereocenters. The quantitative estimate of drug-likeness (QED) is 0.192. The van der Waals surface area contributed by atoms with Crippen LogP contribution in [0.4, 0.5) is 0 Å². The Morgan fingerprint density at radius 2 is 0.861 bits per heavy atom. The van der Waals surface area contributed by atoms with Crippen molar-refractivity contribution >= 4 is 37.7 Å². The van der Waals surface area contributed by atoms with Crippen LogP contribution in [0.25, 0.3) is 21.5 Å². The van der Waals surface area contributed by atoms with Crippen LogP contribution in [0.15, 0.2) is 36.4 Å². The summed E-state index contributed by atoms with van der Waals surface area (Å²) in [6.45, 7) is 13.5. The Hall–Kier alpha value is -3.29. The first-order valence-electron chi connectivity index (χ1n) is 13.3. The highest BCUT2D eigenvalue weighted by molar-refractivity contribution is 6.87. The molecule has 0 aliphatic rings. The number of fused-ring (bicyclic) bond motifs is 2. The van der Waals surface area contributed by atoms with Gasteiger partial charge in [-0.25, -0.2) is 0 Å². The zero-order valence-electron chi connectivity index (χ0n) is 22.6. The van der Waals surface area contributed by atoms with Gasteiger partial charge in [0, 0.05) is 32.7 Å². The fourth-order valence-corrected chi connectivity index (χ4v) is 9.94. The van der Waals surface area contributed by atoms with E-state index in [0.29, 0.717) is 11.1 Å². The molecule has 0 unspecified atom stereocenters. The van der Waals surface area contributed by atoms with Crippen molar-refractivity contribution in [1.29, 1.82) is 10.5 Å². The monoisotopic (exact) mass is 504 g/mol. The van der Waals surface area contributed by atoms with Crippen molar-refractivity contribution in [3.05, 3.63) is 58.7 Å². The second-order valence-corrected chi connectivity index (χ2v) is 19.5. The average Bonchev–Trinajstić information content (AvgIpc) is 2.93. The number of nitriles is 2. The summed E-state index contributed by atoms with van der Waals surface area (Å²) < 4.78 is 0. The first kappa shape index (κ1) is 27.3. The molecule has 3 rings (SSSR count). The van der Waals surface area contributed by atoms with Crippen molar-refractivity contribution in [2.24, 2.45) is 0 Å². The summed E-state index contributed by atoms with van der Waals surface area (Å²) in [6, 6.07) is 23.7. The fraction of sp³-hybridized carbons (Fsp3) is 0.375. The molecule has 0 aromatic heterocycles. The minimum Gasteiger partial charge on any atom is -0.192 e. The van der Waals surface area contributed by atoms with E-state index in [4.69, 9.17) is 0 Å². The molecule has 0 aliphatic heterocycles. The van der Waals surface area contributed by atoms with Gasteiger partial charge in [-0.15, -0.1) is 11.1 Å². The number of rotatable bonds is 6. The molecular weight excluding hydrogens is 469 g/mol. The average molecular weight is 505 g/mol. The maximum absolute atomic E-state index is 10.2. The standard InChI is InChI=1S/C32H36N2Si2/c1-7-35(8-2,9-3)19-17-25-13-15-27-29(21-25)31(23-33)28-16-14-26(22-30(28)32(27)24-34)18-20-36(10-4,11-5)12-6/h13-16,21-22H,7-12H2,1-6H3. The molecule has 0 radical (unpaired) electrons. The zero-order chi connectivity index (χ0) is 26.3. The predicted octanol–water partition coefficient (Wildman–Crippen LogP) is 8.53. The van der Waals surface area contributed by atoms with E-state index < -0.39 is 16.1 Å². The van der Waals surface area contributed by atoms with E-state index >= 15 is 0 Å². The molecule has 0 spiro atoms. The topological polar surface area (TPSA) is 47.6 Å². The van der Waals surface area contributed by atoms with Crippen LogP contribution in [0.2, 0.25) is 36.3 Å². The van der Waals surface area contributed by atoms with Gasteiger partial charge in [-0.05, 0) is 60.5 Å². The molecule has 0 N–H and O–H groups in total. The SMILES string of the molecule is CC[Si](C#Cc1ccc2c(C#N)c3cc(C#C[Si](CC)(CC)CC)ccc3c(C#N)c2c1)(CC)CC. The first-order valence-corrected chi connectivity index (χ1v) is 18.5. The Kier molecular flexibility index (Phi) is 8.82. The van der Waals surface area contributed by atoms with Gasteiger partial charge in [-0.1, -0.05) is 65.5 Å². The lowest BCUT2D eigenvalue weighted by Gasteiger charge is -2.20. The van der Waals surface area contributed by atoms with Crippen LogP contribution in [-0.2, 0) is 0 Å². The summed E-state index contributed by atoms with van der Waals surface area (Å²) in [5, 5.41) is 23.5. The van der Waals surface area contributed by atoms with E-state index in [9.17, 15) is 10.5 Å². The van der Waals surface area contributed by atoms with Crippen LogP contribution in [-0.4, -0.2) is 16.1 Å². The molecule has 0 aliphatic carbocycles. The summed E-state index contributed by atoms with van der Waals surface area (Å²) in [5.74, 6) is 6.86. The highest BCUT2D eigenvalue weighted by atomic mass is 28.3. The smallest absolute Gasteiger partial charge is 0.138 e. The van der Waals surface area contributed by atoms with Gasteiger partial charge in [-0.2, -0.15) is 10.5 Å². The van der Waals surface area contributed by atoms with Crippen LogP contribution in [0.5, 0.6) is 0 Å². The van der Waals surface area contributed by atoms with Gasteiger partial charge in [0.05, 0.1) is 11.1 Å². The maximum Gasteiger partial charge on any atom is 0.138 e. The zero-order valence-corrected chi connectivity index (χ0v) is 24.6. The molecule has 0 heterocycles. The molecule has 3 aromatic carbocycles. The third-order valence-corrected chi connectivity index (χ3v) is 17.8. The van der Waals surface area contributed by atoms with Crippen molar-refractivity contribution in [1.82, 2.24) is 0 Å². The molecule has 0 bridgehead atoms. The normalized spacial score (nSPS) is 11.2. The predicted molar refractivity (Wildman–Crippen MR) is 159 cm³/mol. The van der Waals surface area contributed by atoms with Gasteiger partial charge in [-0.3, -0.25) is 0 Å². The van der Waals surface area contributed by atoms with Gasteiger partial charge < -0.3 is 0 Å². The molecule has 0 saturated heterocycles. The number of hydrogen-bond donors (Lipinski definition) is 0. The lowest BCUT2D eigenvalue weighted by molar-refractivity contribution is 1.20. The van der Waals surface area contributed by atoms with Crippen LogP contribution in [0.3, 0.4) is 0 Å². The summed E-state index contributed by atoms with van der Waals surface area (Å²) in [6.07, 6.45) is 0. The Morgan fingerprint density at radius 1 is 0.528 bits per heavy atom. The molecular formula is C32H36N2Si2. The van der Waals surface area contributed by atoms with Gasteiger partial charge in [0.2, 0.25) is 0 Å². The molecule has 4 heteroatoms. The molecule has 0 fully saturated rings. The Bertz CT molecular complexity index is 1360. The van der Waals surface area contributed by atoms with Crippen molar-refractivity contribution in [2.45, 2.75) is 77.8 Å². The summed E-state index contributed by atoms with van der Waals surface area (Å²) >= 11 is 0. The Balaban J connectivity index is 2.24. The third-order valence-electron chi connectivity index (χ3n) is 8.34. The van der Waals surface area contributed by atoms with E-state index in [2.05, 4.69) is 76.6 Å². The first-order chi connectivity index (χ1) is 17.4. The lowest BCUT2D eigenvalue weighted by Crippen LogP contribution is -2.29. The van der Waals surface area contributed by atoms with Gasteiger partial charge in [0.25, 0.3) is 0 Å². The maximum atomic E-state index is 10.2. The van der Waals surface area contributed by atoms with E-state index in [1.54, 1.807) is 0 Å². The van der Waals surface area contributed by atoms with Crippen LogP contribution in [0.1, 0.15) is 63.8 Å². The van der Waals surface area contributed by atoms with Gasteiger partial charge in [0.15, 0.2) is 0 Å². The highest BCUT2D eigenvalue weighted by Gasteiger charge is 2.25. The van der Waals surface area contributed by atoms with E-state index in [0.717, 1.165) is 68.9 Å². The molecule has 0 amide bonds. The molecule has 182 valence electrons. The number of nitrogens with zero attached hydrogens (tertiary/aromatic N) is 2. The van der Waals surface area contributed by atoms with Gasteiger partial charge in [0.1, 0.15) is 28.3 Å². The summed E-state index contributed by atoms with van der Waals surface area (Å²) in [4.78, 5) is 0. The molecule has 3 aromatic rings. The van der Waals surface area contributed by atoms with Gasteiger partial charge >= 0.3 is 0 Å². The molecule has 0 saturated carbocycles. The van der Waals surface area contributed by atoms with Crippen molar-refractivity contribution < 1.29 is 0 Å². The van der Waals surface area contributed by atoms with E-state index in [1.807, 2.05) is 36.4 Å².